The van der Waals surface area contributed by atoms with Crippen LogP contribution in [0.5, 0.6) is 0 Å². The average molecular weight is 287 g/mol. The van der Waals surface area contributed by atoms with Gasteiger partial charge in [-0.1, -0.05) is 26.0 Å². The summed E-state index contributed by atoms with van der Waals surface area (Å²) in [5, 5.41) is 3.16. The predicted octanol–water partition coefficient (Wildman–Crippen LogP) is 2.30. The van der Waals surface area contributed by atoms with Crippen molar-refractivity contribution in [3.05, 3.63) is 30.1 Å². The summed E-state index contributed by atoms with van der Waals surface area (Å²) in [5.41, 5.74) is 8.07. The minimum Gasteiger partial charge on any atom is -0.370 e. The number of hydrogen-bond donors (Lipinski definition) is 2. The van der Waals surface area contributed by atoms with Crippen molar-refractivity contribution in [3.8, 4) is 0 Å². The van der Waals surface area contributed by atoms with Crippen molar-refractivity contribution >= 4 is 17.0 Å². The molecule has 0 amide bonds. The molecule has 5 heteroatoms. The molecule has 21 heavy (non-hydrogen) atoms. The van der Waals surface area contributed by atoms with E-state index in [4.69, 9.17) is 5.73 Å². The van der Waals surface area contributed by atoms with Crippen LogP contribution in [-0.4, -0.2) is 28.6 Å². The molecule has 0 spiro atoms. The van der Waals surface area contributed by atoms with Crippen molar-refractivity contribution in [1.29, 1.82) is 0 Å². The number of benzene rings is 1. The van der Waals surface area contributed by atoms with E-state index >= 15 is 0 Å². The van der Waals surface area contributed by atoms with Crippen LogP contribution in [0.15, 0.2) is 29.3 Å². The molecule has 0 aliphatic rings. The highest BCUT2D eigenvalue weighted by molar-refractivity contribution is 5.77. The van der Waals surface area contributed by atoms with Gasteiger partial charge in [0.1, 0.15) is 5.82 Å². The van der Waals surface area contributed by atoms with E-state index in [1.54, 1.807) is 0 Å². The molecule has 0 aliphatic heterocycles. The zero-order chi connectivity index (χ0) is 15.2. The maximum absolute atomic E-state index is 5.82. The lowest BCUT2D eigenvalue weighted by atomic mass is 10.2. The number of nitrogens with zero attached hydrogens (tertiary/aromatic N) is 3. The van der Waals surface area contributed by atoms with Gasteiger partial charge in [0.05, 0.1) is 11.0 Å². The number of fused-ring (bicyclic) bond motifs is 1. The number of para-hydroxylation sites is 2. The van der Waals surface area contributed by atoms with E-state index in [1.807, 2.05) is 19.1 Å². The van der Waals surface area contributed by atoms with Gasteiger partial charge in [-0.25, -0.2) is 4.98 Å². The summed E-state index contributed by atoms with van der Waals surface area (Å²) in [6.07, 6.45) is 0.985. The van der Waals surface area contributed by atoms with Gasteiger partial charge in [-0.05, 0) is 31.4 Å². The van der Waals surface area contributed by atoms with Crippen LogP contribution < -0.4 is 11.1 Å². The molecule has 0 bridgehead atoms. The van der Waals surface area contributed by atoms with Gasteiger partial charge >= 0.3 is 0 Å². The van der Waals surface area contributed by atoms with Gasteiger partial charge in [-0.3, -0.25) is 4.99 Å². The van der Waals surface area contributed by atoms with Crippen LogP contribution >= 0.6 is 0 Å². The molecular weight excluding hydrogens is 262 g/mol. The second-order valence-electron chi connectivity index (χ2n) is 5.70. The van der Waals surface area contributed by atoms with Crippen LogP contribution in [0.4, 0.5) is 0 Å². The van der Waals surface area contributed by atoms with Crippen molar-refractivity contribution < 1.29 is 0 Å². The van der Waals surface area contributed by atoms with Gasteiger partial charge in [0.15, 0.2) is 5.96 Å². The molecule has 0 unspecified atom stereocenters. The van der Waals surface area contributed by atoms with E-state index in [1.165, 1.54) is 5.52 Å². The van der Waals surface area contributed by atoms with Gasteiger partial charge in [-0.15, -0.1) is 0 Å². The quantitative estimate of drug-likeness (QED) is 0.486. The Morgan fingerprint density at radius 1 is 1.38 bits per heavy atom. The number of hydrogen-bond acceptors (Lipinski definition) is 2. The minimum atomic E-state index is 0.533. The third-order valence-electron chi connectivity index (χ3n) is 3.34. The first-order valence-corrected chi connectivity index (χ1v) is 7.53. The van der Waals surface area contributed by atoms with E-state index in [2.05, 4.69) is 45.8 Å². The molecule has 0 aliphatic carbocycles. The summed E-state index contributed by atoms with van der Waals surface area (Å²) >= 11 is 0. The smallest absolute Gasteiger partial charge is 0.188 e. The van der Waals surface area contributed by atoms with Crippen LogP contribution in [0.3, 0.4) is 0 Å². The second-order valence-corrected chi connectivity index (χ2v) is 5.70. The number of nitrogens with one attached hydrogen (secondary N) is 1. The first-order valence-electron chi connectivity index (χ1n) is 7.53. The number of aryl methyl sites for hydroxylation is 2. The molecular formula is C16H25N5. The fourth-order valence-corrected chi connectivity index (χ4v) is 2.27. The van der Waals surface area contributed by atoms with Gasteiger partial charge in [0.2, 0.25) is 0 Å². The van der Waals surface area contributed by atoms with Crippen LogP contribution in [-0.2, 0) is 6.54 Å². The summed E-state index contributed by atoms with van der Waals surface area (Å²) in [5.74, 6) is 2.12. The summed E-state index contributed by atoms with van der Waals surface area (Å²) in [7, 11) is 0. The first kappa shape index (κ1) is 15.4. The number of imidazole rings is 1. The van der Waals surface area contributed by atoms with Crippen LogP contribution in [0.1, 0.15) is 26.1 Å². The second kappa shape index (κ2) is 7.11. The molecule has 5 nitrogen and oxygen atoms in total. The zero-order valence-electron chi connectivity index (χ0n) is 13.1. The third-order valence-corrected chi connectivity index (χ3v) is 3.34. The molecule has 0 saturated heterocycles. The number of aromatic nitrogens is 2. The van der Waals surface area contributed by atoms with Gasteiger partial charge in [-0.2, -0.15) is 0 Å². The number of rotatable bonds is 6. The van der Waals surface area contributed by atoms with Crippen molar-refractivity contribution in [3.63, 3.8) is 0 Å². The maximum atomic E-state index is 5.82. The van der Waals surface area contributed by atoms with Crippen molar-refractivity contribution in [1.82, 2.24) is 14.9 Å². The Labute approximate surface area is 126 Å². The third kappa shape index (κ3) is 4.21. The standard InChI is InChI=1S/C16H25N5/c1-12(2)11-19-16(17)18-9-6-10-21-13(3)20-14-7-4-5-8-15(14)21/h4-5,7-8,12H,6,9-11H2,1-3H3,(H3,17,18,19). The molecule has 114 valence electrons. The Kier molecular flexibility index (Phi) is 5.20. The summed E-state index contributed by atoms with van der Waals surface area (Å²) in [6.45, 7) is 8.82. The van der Waals surface area contributed by atoms with Crippen LogP contribution in [0, 0.1) is 12.8 Å². The molecule has 2 aromatic rings. The van der Waals surface area contributed by atoms with Gasteiger partial charge in [0, 0.05) is 19.6 Å². The highest BCUT2D eigenvalue weighted by Crippen LogP contribution is 2.15. The van der Waals surface area contributed by atoms with Crippen LogP contribution in [0.2, 0.25) is 0 Å². The fourth-order valence-electron chi connectivity index (χ4n) is 2.27. The normalized spacial score (nSPS) is 12.3. The van der Waals surface area contributed by atoms with E-state index < -0.39 is 0 Å². The summed E-state index contributed by atoms with van der Waals surface area (Å²) in [4.78, 5) is 8.86. The molecule has 0 fully saturated rings. The molecule has 1 aromatic heterocycles. The average Bonchev–Trinajstić information content (AvgIpc) is 2.77. The molecule has 0 atom stereocenters. The lowest BCUT2D eigenvalue weighted by Crippen LogP contribution is -2.33. The summed E-state index contributed by atoms with van der Waals surface area (Å²) < 4.78 is 2.25. The molecule has 2 rings (SSSR count). The molecule has 0 saturated carbocycles. The Hall–Kier alpha value is -2.04. The highest BCUT2D eigenvalue weighted by Gasteiger charge is 2.05. The van der Waals surface area contributed by atoms with Crippen molar-refractivity contribution in [2.24, 2.45) is 16.6 Å². The predicted molar refractivity (Wildman–Crippen MR) is 88.4 cm³/mol. The van der Waals surface area contributed by atoms with Crippen LogP contribution in [0.25, 0.3) is 11.0 Å². The number of aliphatic imine (C=N–C) groups is 1. The molecule has 3 N–H and O–H groups in total. The minimum absolute atomic E-state index is 0.533. The monoisotopic (exact) mass is 287 g/mol. The van der Waals surface area contributed by atoms with E-state index in [0.29, 0.717) is 11.9 Å². The van der Waals surface area contributed by atoms with E-state index in [-0.39, 0.29) is 0 Å². The van der Waals surface area contributed by atoms with Gasteiger partial charge in [0.25, 0.3) is 0 Å². The lowest BCUT2D eigenvalue weighted by molar-refractivity contribution is 0.624. The highest BCUT2D eigenvalue weighted by atomic mass is 15.1. The molecule has 1 aromatic carbocycles. The summed E-state index contributed by atoms with van der Waals surface area (Å²) in [6, 6.07) is 8.23. The first-order chi connectivity index (χ1) is 10.1. The Bertz CT molecular complexity index is 612. The maximum Gasteiger partial charge on any atom is 0.188 e. The zero-order valence-corrected chi connectivity index (χ0v) is 13.1. The van der Waals surface area contributed by atoms with E-state index in [9.17, 15) is 0 Å². The Morgan fingerprint density at radius 3 is 2.90 bits per heavy atom. The molecule has 0 radical (unpaired) electrons. The fraction of sp³-hybridized carbons (Fsp3) is 0.500. The topological polar surface area (TPSA) is 68.2 Å². The van der Waals surface area contributed by atoms with Crippen molar-refractivity contribution in [2.45, 2.75) is 33.7 Å². The largest absolute Gasteiger partial charge is 0.370 e. The molecule has 1 heterocycles. The Morgan fingerprint density at radius 2 is 2.14 bits per heavy atom. The SMILES string of the molecule is Cc1nc2ccccc2n1CCCNC(N)=NCC(C)C. The van der Waals surface area contributed by atoms with Crippen molar-refractivity contribution in [2.75, 3.05) is 13.1 Å². The Balaban J connectivity index is 1.85. The number of nitrogens with two attached hydrogens (primary N) is 1. The number of guanidine groups is 1. The van der Waals surface area contributed by atoms with E-state index in [0.717, 1.165) is 37.4 Å². The lowest BCUT2D eigenvalue weighted by Gasteiger charge is -2.09. The van der Waals surface area contributed by atoms with Gasteiger partial charge < -0.3 is 15.6 Å².